The third-order valence-corrected chi connectivity index (χ3v) is 2.82. The zero-order valence-electron chi connectivity index (χ0n) is 8.73. The fourth-order valence-corrected chi connectivity index (χ4v) is 1.96. The number of quaternary nitrogens is 1. The second-order valence-corrected chi connectivity index (χ2v) is 4.14. The SMILES string of the molecule is CC[N+]1(Cc2ccccc2)C=C(Cl)C=N1. The summed E-state index contributed by atoms with van der Waals surface area (Å²) in [6.45, 7) is 3.90. The van der Waals surface area contributed by atoms with Gasteiger partial charge in [0.2, 0.25) is 0 Å². The van der Waals surface area contributed by atoms with E-state index in [1.165, 1.54) is 5.56 Å². The smallest absolute Gasteiger partial charge is 0.143 e. The maximum Gasteiger partial charge on any atom is 0.143 e. The van der Waals surface area contributed by atoms with Gasteiger partial charge in [0.25, 0.3) is 0 Å². The molecule has 3 heteroatoms. The van der Waals surface area contributed by atoms with Crippen LogP contribution in [0.1, 0.15) is 12.5 Å². The lowest BCUT2D eigenvalue weighted by Crippen LogP contribution is -2.34. The number of hydrogen-bond donors (Lipinski definition) is 0. The minimum atomic E-state index is 0.572. The van der Waals surface area contributed by atoms with Gasteiger partial charge in [0.05, 0.1) is 0 Å². The first-order valence-electron chi connectivity index (χ1n) is 5.09. The molecule has 1 aromatic rings. The minimum absolute atomic E-state index is 0.572. The van der Waals surface area contributed by atoms with Crippen molar-refractivity contribution in [1.29, 1.82) is 0 Å². The van der Waals surface area contributed by atoms with E-state index in [1.807, 2.05) is 24.4 Å². The van der Waals surface area contributed by atoms with E-state index in [4.69, 9.17) is 11.6 Å². The normalized spacial score (nSPS) is 24.3. The second-order valence-electron chi connectivity index (χ2n) is 3.71. The van der Waals surface area contributed by atoms with Crippen molar-refractivity contribution in [3.05, 3.63) is 47.1 Å². The van der Waals surface area contributed by atoms with E-state index in [0.29, 0.717) is 4.59 Å². The van der Waals surface area contributed by atoms with Gasteiger partial charge in [-0.25, -0.2) is 0 Å². The Morgan fingerprint density at radius 3 is 2.53 bits per heavy atom. The fourth-order valence-electron chi connectivity index (χ4n) is 1.74. The largest absolute Gasteiger partial charge is 0.167 e. The zero-order chi connectivity index (χ0) is 10.7. The first kappa shape index (κ1) is 10.4. The van der Waals surface area contributed by atoms with Crippen LogP contribution < -0.4 is 0 Å². The average Bonchev–Trinajstić information content (AvgIpc) is 2.62. The minimum Gasteiger partial charge on any atom is -0.167 e. The molecule has 1 atom stereocenters. The molecular weight excluding hydrogens is 208 g/mol. The Kier molecular flexibility index (Phi) is 2.89. The molecule has 0 aromatic heterocycles. The predicted molar refractivity (Wildman–Crippen MR) is 63.4 cm³/mol. The Bertz CT molecular complexity index is 397. The highest BCUT2D eigenvalue weighted by Crippen LogP contribution is 2.23. The van der Waals surface area contributed by atoms with Crippen LogP contribution >= 0.6 is 11.6 Å². The number of rotatable bonds is 3. The van der Waals surface area contributed by atoms with Gasteiger partial charge < -0.3 is 0 Å². The van der Waals surface area contributed by atoms with E-state index in [0.717, 1.165) is 18.1 Å². The lowest BCUT2D eigenvalue weighted by molar-refractivity contribution is -0.895. The van der Waals surface area contributed by atoms with Crippen LogP contribution in [0, 0.1) is 0 Å². The summed E-state index contributed by atoms with van der Waals surface area (Å²) in [5, 5.41) is 5.18. The fraction of sp³-hybridized carbons (Fsp3) is 0.250. The molecule has 15 heavy (non-hydrogen) atoms. The van der Waals surface area contributed by atoms with Gasteiger partial charge >= 0.3 is 0 Å². The van der Waals surface area contributed by atoms with Crippen molar-refractivity contribution in [2.45, 2.75) is 13.5 Å². The Morgan fingerprint density at radius 1 is 1.27 bits per heavy atom. The van der Waals surface area contributed by atoms with E-state index in [-0.39, 0.29) is 0 Å². The lowest BCUT2D eigenvalue weighted by atomic mass is 10.2. The molecular formula is C12H14ClN2+. The molecule has 78 valence electrons. The van der Waals surface area contributed by atoms with E-state index in [2.05, 4.69) is 24.2 Å². The van der Waals surface area contributed by atoms with Crippen LogP contribution in [0.2, 0.25) is 0 Å². The standard InChI is InChI=1S/C12H14ClN2/c1-2-15(10-12(13)8-14-15)9-11-6-4-3-5-7-11/h3-8,10H,2,9H2,1H3/q+1. The molecule has 2 nitrogen and oxygen atoms in total. The third-order valence-electron chi connectivity index (χ3n) is 2.62. The van der Waals surface area contributed by atoms with Gasteiger partial charge in [-0.1, -0.05) is 47.0 Å². The van der Waals surface area contributed by atoms with Crippen LogP contribution in [-0.4, -0.2) is 17.4 Å². The molecule has 0 aliphatic carbocycles. The molecule has 1 heterocycles. The third kappa shape index (κ3) is 2.28. The van der Waals surface area contributed by atoms with Gasteiger partial charge in [-0.2, -0.15) is 4.59 Å². The van der Waals surface area contributed by atoms with Crippen molar-refractivity contribution < 1.29 is 4.59 Å². The highest BCUT2D eigenvalue weighted by molar-refractivity contribution is 6.39. The Hall–Kier alpha value is -1.12. The molecule has 2 rings (SSSR count). The molecule has 1 aliphatic heterocycles. The monoisotopic (exact) mass is 221 g/mol. The van der Waals surface area contributed by atoms with Crippen LogP contribution in [0.3, 0.4) is 0 Å². The molecule has 0 saturated carbocycles. The molecule has 0 fully saturated rings. The van der Waals surface area contributed by atoms with Gasteiger partial charge in [-0.3, -0.25) is 0 Å². The van der Waals surface area contributed by atoms with E-state index >= 15 is 0 Å². The van der Waals surface area contributed by atoms with E-state index < -0.39 is 0 Å². The first-order chi connectivity index (χ1) is 7.24. The van der Waals surface area contributed by atoms with Crippen LogP contribution in [0.4, 0.5) is 0 Å². The van der Waals surface area contributed by atoms with Crippen molar-refractivity contribution in [2.75, 3.05) is 6.54 Å². The molecule has 0 radical (unpaired) electrons. The maximum atomic E-state index is 5.94. The first-order valence-corrected chi connectivity index (χ1v) is 5.46. The topological polar surface area (TPSA) is 12.4 Å². The predicted octanol–water partition coefficient (Wildman–Crippen LogP) is 3.10. The molecule has 1 aromatic carbocycles. The van der Waals surface area contributed by atoms with E-state index in [9.17, 15) is 0 Å². The van der Waals surface area contributed by atoms with Crippen LogP contribution in [0.25, 0.3) is 0 Å². The molecule has 0 amide bonds. The summed E-state index contributed by atoms with van der Waals surface area (Å²) in [6.07, 6.45) is 3.72. The van der Waals surface area contributed by atoms with E-state index in [1.54, 1.807) is 6.21 Å². The summed E-state index contributed by atoms with van der Waals surface area (Å²) in [6, 6.07) is 10.4. The number of hydrogen-bond acceptors (Lipinski definition) is 1. The summed E-state index contributed by atoms with van der Waals surface area (Å²) < 4.78 is 0.572. The quantitative estimate of drug-likeness (QED) is 0.696. The summed E-state index contributed by atoms with van der Waals surface area (Å²) >= 11 is 5.94. The summed E-state index contributed by atoms with van der Waals surface area (Å²) in [4.78, 5) is 0. The Labute approximate surface area is 95.1 Å². The summed E-state index contributed by atoms with van der Waals surface area (Å²) in [5.41, 5.74) is 1.28. The molecule has 0 N–H and O–H groups in total. The van der Waals surface area contributed by atoms with Crippen molar-refractivity contribution in [2.24, 2.45) is 5.10 Å². The van der Waals surface area contributed by atoms with Crippen molar-refractivity contribution in [3.8, 4) is 0 Å². The van der Waals surface area contributed by atoms with Crippen molar-refractivity contribution in [1.82, 2.24) is 0 Å². The highest BCUT2D eigenvalue weighted by Gasteiger charge is 2.27. The molecule has 0 spiro atoms. The number of benzene rings is 1. The number of allylic oxidation sites excluding steroid dienone is 1. The Balaban J connectivity index is 2.21. The van der Waals surface area contributed by atoms with Gasteiger partial charge in [0.15, 0.2) is 0 Å². The highest BCUT2D eigenvalue weighted by atomic mass is 35.5. The zero-order valence-corrected chi connectivity index (χ0v) is 9.48. The van der Waals surface area contributed by atoms with Gasteiger partial charge in [0.1, 0.15) is 30.5 Å². The van der Waals surface area contributed by atoms with Crippen LogP contribution in [0.5, 0.6) is 0 Å². The number of nitrogens with zero attached hydrogens (tertiary/aromatic N) is 2. The lowest BCUT2D eigenvalue weighted by Gasteiger charge is -2.24. The summed E-state index contributed by atoms with van der Waals surface area (Å²) in [5.74, 6) is 0. The molecule has 1 aliphatic rings. The maximum absolute atomic E-state index is 5.94. The molecule has 0 saturated heterocycles. The molecule has 0 bridgehead atoms. The van der Waals surface area contributed by atoms with Gasteiger partial charge in [0, 0.05) is 5.56 Å². The van der Waals surface area contributed by atoms with Crippen molar-refractivity contribution in [3.63, 3.8) is 0 Å². The Morgan fingerprint density at radius 2 is 2.00 bits per heavy atom. The van der Waals surface area contributed by atoms with Crippen molar-refractivity contribution >= 4 is 17.8 Å². The van der Waals surface area contributed by atoms with Gasteiger partial charge in [-0.05, 0) is 6.92 Å². The van der Waals surface area contributed by atoms with Crippen LogP contribution in [0.15, 0.2) is 46.7 Å². The number of halogens is 1. The molecule has 1 unspecified atom stereocenters. The average molecular weight is 222 g/mol. The van der Waals surface area contributed by atoms with Gasteiger partial charge in [-0.15, -0.1) is 0 Å². The summed E-state index contributed by atoms with van der Waals surface area (Å²) in [7, 11) is 0. The van der Waals surface area contributed by atoms with Crippen LogP contribution in [-0.2, 0) is 6.54 Å². The second kappa shape index (κ2) is 4.17.